The van der Waals surface area contributed by atoms with Crippen LogP contribution in [0.3, 0.4) is 0 Å². The van der Waals surface area contributed by atoms with Gasteiger partial charge in [-0.2, -0.15) is 5.26 Å². The maximum Gasteiger partial charge on any atom is 0.0934 e. The number of hydrogen-bond acceptors (Lipinski definition) is 2. The predicted molar refractivity (Wildman–Crippen MR) is 45.4 cm³/mol. The van der Waals surface area contributed by atoms with Crippen LogP contribution in [0.25, 0.3) is 0 Å². The van der Waals surface area contributed by atoms with Gasteiger partial charge in [0, 0.05) is 5.41 Å². The van der Waals surface area contributed by atoms with Gasteiger partial charge in [-0.1, -0.05) is 13.8 Å². The van der Waals surface area contributed by atoms with Gasteiger partial charge in [-0.3, -0.25) is 0 Å². The Morgan fingerprint density at radius 2 is 2.08 bits per heavy atom. The van der Waals surface area contributed by atoms with Gasteiger partial charge in [-0.25, -0.2) is 0 Å². The summed E-state index contributed by atoms with van der Waals surface area (Å²) in [6, 6.07) is 2.39. The molecule has 1 aliphatic carbocycles. The minimum absolute atomic E-state index is 0.0573. The molecule has 0 aromatic heterocycles. The summed E-state index contributed by atoms with van der Waals surface area (Å²) in [4.78, 5) is 0. The summed E-state index contributed by atoms with van der Waals surface area (Å²) in [7, 11) is 0. The van der Waals surface area contributed by atoms with E-state index in [9.17, 15) is 0 Å². The lowest BCUT2D eigenvalue weighted by Gasteiger charge is -2.33. The first-order chi connectivity index (χ1) is 5.50. The third-order valence-corrected chi connectivity index (χ3v) is 3.54. The van der Waals surface area contributed by atoms with Gasteiger partial charge in [-0.05, 0) is 19.8 Å². The quantitative estimate of drug-likeness (QED) is 0.515. The third-order valence-electron chi connectivity index (χ3n) is 3.54. The van der Waals surface area contributed by atoms with Crippen molar-refractivity contribution in [1.82, 2.24) is 0 Å². The first-order valence-corrected chi connectivity index (χ1v) is 4.58. The van der Waals surface area contributed by atoms with Crippen molar-refractivity contribution < 1.29 is 4.74 Å². The Kier molecular flexibility index (Phi) is 1.36. The van der Waals surface area contributed by atoms with Gasteiger partial charge < -0.3 is 4.74 Å². The van der Waals surface area contributed by atoms with Crippen molar-refractivity contribution in [2.24, 2.45) is 11.3 Å². The van der Waals surface area contributed by atoms with Gasteiger partial charge in [0.15, 0.2) is 0 Å². The Morgan fingerprint density at radius 1 is 1.42 bits per heavy atom. The van der Waals surface area contributed by atoms with Crippen LogP contribution >= 0.6 is 0 Å². The molecule has 1 saturated heterocycles. The molecule has 0 unspecified atom stereocenters. The molecule has 0 spiro atoms. The highest BCUT2D eigenvalue weighted by molar-refractivity contribution is 5.15. The molecule has 1 saturated carbocycles. The van der Waals surface area contributed by atoms with Crippen molar-refractivity contribution in [3.8, 4) is 6.07 Å². The highest BCUT2D eigenvalue weighted by atomic mass is 16.6. The van der Waals surface area contributed by atoms with E-state index >= 15 is 0 Å². The van der Waals surface area contributed by atoms with Crippen LogP contribution in [-0.2, 0) is 4.74 Å². The van der Waals surface area contributed by atoms with Gasteiger partial charge in [0.1, 0.15) is 0 Å². The van der Waals surface area contributed by atoms with Gasteiger partial charge >= 0.3 is 0 Å². The fourth-order valence-electron chi connectivity index (χ4n) is 2.58. The highest BCUT2D eigenvalue weighted by Crippen LogP contribution is 2.58. The summed E-state index contributed by atoms with van der Waals surface area (Å²) < 4.78 is 5.66. The maximum absolute atomic E-state index is 8.94. The fraction of sp³-hybridized carbons (Fsp3) is 0.900. The zero-order valence-corrected chi connectivity index (χ0v) is 7.92. The number of hydrogen-bond donors (Lipinski definition) is 0. The SMILES string of the molecule is CC1(C)[C@H](C#N)CC[C@]2(C)O[C@H]12. The van der Waals surface area contributed by atoms with Crippen LogP contribution in [0.5, 0.6) is 0 Å². The Labute approximate surface area is 73.5 Å². The average molecular weight is 165 g/mol. The Hall–Kier alpha value is -0.550. The maximum atomic E-state index is 8.94. The summed E-state index contributed by atoms with van der Waals surface area (Å²) >= 11 is 0. The molecule has 2 aliphatic rings. The van der Waals surface area contributed by atoms with Crippen molar-refractivity contribution in [2.75, 3.05) is 0 Å². The smallest absolute Gasteiger partial charge is 0.0934 e. The van der Waals surface area contributed by atoms with Gasteiger partial charge in [0.2, 0.25) is 0 Å². The molecule has 2 heteroatoms. The Bertz CT molecular complexity index is 253. The van der Waals surface area contributed by atoms with E-state index in [1.165, 1.54) is 0 Å². The van der Waals surface area contributed by atoms with Crippen molar-refractivity contribution in [3.05, 3.63) is 0 Å². The summed E-state index contributed by atoms with van der Waals surface area (Å²) in [5.74, 6) is 0.179. The number of nitrogens with zero attached hydrogens (tertiary/aromatic N) is 1. The molecule has 0 N–H and O–H groups in total. The summed E-state index contributed by atoms with van der Waals surface area (Å²) in [6.45, 7) is 6.46. The second-order valence-corrected chi connectivity index (χ2v) is 4.85. The first-order valence-electron chi connectivity index (χ1n) is 4.58. The molecule has 12 heavy (non-hydrogen) atoms. The number of ether oxygens (including phenoxy) is 1. The molecule has 1 heterocycles. The Balaban J connectivity index is 2.23. The molecule has 0 amide bonds. The normalized spacial score (nSPS) is 49.2. The van der Waals surface area contributed by atoms with Gasteiger partial charge in [-0.15, -0.1) is 0 Å². The number of rotatable bonds is 0. The lowest BCUT2D eigenvalue weighted by atomic mass is 9.66. The molecule has 0 aromatic carbocycles. The van der Waals surface area contributed by atoms with Crippen LogP contribution in [0.1, 0.15) is 33.6 Å². The van der Waals surface area contributed by atoms with E-state index in [2.05, 4.69) is 26.8 Å². The van der Waals surface area contributed by atoms with Crippen molar-refractivity contribution in [3.63, 3.8) is 0 Å². The zero-order chi connectivity index (χ0) is 8.98. The second kappa shape index (κ2) is 2.03. The average Bonchev–Trinajstić information content (AvgIpc) is 2.64. The summed E-state index contributed by atoms with van der Waals surface area (Å²) in [5, 5.41) is 8.94. The van der Waals surface area contributed by atoms with Crippen LogP contribution < -0.4 is 0 Å². The molecule has 0 radical (unpaired) electrons. The van der Waals surface area contributed by atoms with Gasteiger partial charge in [0.25, 0.3) is 0 Å². The van der Waals surface area contributed by atoms with Crippen LogP contribution in [0.2, 0.25) is 0 Å². The van der Waals surface area contributed by atoms with E-state index in [1.54, 1.807) is 0 Å². The molecular weight excluding hydrogens is 150 g/mol. The fourth-order valence-corrected chi connectivity index (χ4v) is 2.58. The minimum atomic E-state index is 0.0573. The first kappa shape index (κ1) is 8.07. The predicted octanol–water partition coefficient (Wildman–Crippen LogP) is 2.10. The largest absolute Gasteiger partial charge is 0.366 e. The van der Waals surface area contributed by atoms with Crippen LogP contribution in [0, 0.1) is 22.7 Å². The van der Waals surface area contributed by atoms with E-state index in [0.29, 0.717) is 6.10 Å². The molecule has 66 valence electrons. The standard InChI is InChI=1S/C10H15NO/c1-9(2)7(6-11)4-5-10(3)8(9)12-10/h7-8H,4-5H2,1-3H3/t7-,8+,10-/m0/s1. The number of fused-ring (bicyclic) bond motifs is 1. The van der Waals surface area contributed by atoms with Crippen molar-refractivity contribution in [1.29, 1.82) is 5.26 Å². The zero-order valence-electron chi connectivity index (χ0n) is 7.92. The number of epoxide rings is 1. The summed E-state index contributed by atoms with van der Waals surface area (Å²) in [5.41, 5.74) is 0.165. The molecule has 2 nitrogen and oxygen atoms in total. The van der Waals surface area contributed by atoms with E-state index in [1.807, 2.05) is 0 Å². The van der Waals surface area contributed by atoms with Gasteiger partial charge in [0.05, 0.1) is 23.7 Å². The Morgan fingerprint density at radius 3 is 2.67 bits per heavy atom. The molecular formula is C10H15NO. The molecule has 2 fully saturated rings. The lowest BCUT2D eigenvalue weighted by Crippen LogP contribution is -2.37. The molecule has 3 atom stereocenters. The lowest BCUT2D eigenvalue weighted by molar-refractivity contribution is 0.177. The number of nitriles is 1. The van der Waals surface area contributed by atoms with E-state index in [-0.39, 0.29) is 16.9 Å². The molecule has 0 aromatic rings. The van der Waals surface area contributed by atoms with Crippen molar-refractivity contribution >= 4 is 0 Å². The van der Waals surface area contributed by atoms with Crippen LogP contribution in [0.15, 0.2) is 0 Å². The highest BCUT2D eigenvalue weighted by Gasteiger charge is 2.64. The molecule has 2 rings (SSSR count). The molecule has 0 bridgehead atoms. The minimum Gasteiger partial charge on any atom is -0.366 e. The second-order valence-electron chi connectivity index (χ2n) is 4.85. The summed E-state index contributed by atoms with van der Waals surface area (Å²) in [6.07, 6.45) is 2.37. The third kappa shape index (κ3) is 0.834. The van der Waals surface area contributed by atoms with Crippen molar-refractivity contribution in [2.45, 2.75) is 45.3 Å². The van der Waals surface area contributed by atoms with Crippen LogP contribution in [-0.4, -0.2) is 11.7 Å². The van der Waals surface area contributed by atoms with E-state index in [0.717, 1.165) is 12.8 Å². The van der Waals surface area contributed by atoms with Crippen LogP contribution in [0.4, 0.5) is 0 Å². The van der Waals surface area contributed by atoms with E-state index in [4.69, 9.17) is 10.00 Å². The van der Waals surface area contributed by atoms with E-state index < -0.39 is 0 Å². The topological polar surface area (TPSA) is 36.3 Å². The molecule has 1 aliphatic heterocycles. The monoisotopic (exact) mass is 165 g/mol.